The molecule has 1 aliphatic carbocycles. The molecule has 0 spiro atoms. The minimum Gasteiger partial charge on any atom is -0.393 e. The molecule has 0 amide bonds. The van der Waals surface area contributed by atoms with Crippen LogP contribution in [0, 0.1) is 0 Å². The van der Waals surface area contributed by atoms with Crippen molar-refractivity contribution in [2.75, 3.05) is 24.1 Å². The van der Waals surface area contributed by atoms with Crippen LogP contribution in [-0.4, -0.2) is 66.0 Å². The fourth-order valence-electron chi connectivity index (χ4n) is 4.98. The first-order valence-electron chi connectivity index (χ1n) is 15.4. The molecule has 2 fully saturated rings. The zero-order valence-corrected chi connectivity index (χ0v) is 19.3. The summed E-state index contributed by atoms with van der Waals surface area (Å²) < 4.78 is 56.9. The predicted octanol–water partition coefficient (Wildman–Crippen LogP) is 3.40. The average molecular weight is 472 g/mol. The number of likely N-dealkylation sites (tertiary alicyclic amines) is 1. The number of hydrogen-bond acceptors (Lipinski definition) is 8. The fraction of sp³-hybridized carbons (Fsp3) is 0.600. The van der Waals surface area contributed by atoms with Gasteiger partial charge in [0.05, 0.1) is 24.0 Å². The molecule has 9 nitrogen and oxygen atoms in total. The lowest BCUT2D eigenvalue weighted by Gasteiger charge is -2.34. The molecule has 4 heterocycles. The number of nitrogen functional groups attached to an aromatic ring is 1. The second kappa shape index (κ2) is 9.46. The molecule has 0 bridgehead atoms. The molecule has 3 aromatic heterocycles. The van der Waals surface area contributed by atoms with Gasteiger partial charge in [0.15, 0.2) is 5.82 Å². The number of nitrogens with zero attached hydrogens (tertiary/aromatic N) is 6. The van der Waals surface area contributed by atoms with Gasteiger partial charge in [0, 0.05) is 58.3 Å². The number of aromatic nitrogens is 5. The minimum atomic E-state index is -2.99. The molecule has 0 radical (unpaired) electrons. The number of aliphatic hydroxyl groups is 1. The Morgan fingerprint density at radius 2 is 2.03 bits per heavy atom. The van der Waals surface area contributed by atoms with Crippen molar-refractivity contribution < 1.29 is 14.7 Å². The van der Waals surface area contributed by atoms with E-state index in [1.54, 1.807) is 17.1 Å². The Morgan fingerprint density at radius 1 is 1.21 bits per heavy atom. The van der Waals surface area contributed by atoms with Crippen molar-refractivity contribution in [3.05, 3.63) is 24.3 Å². The zero-order chi connectivity index (χ0) is 29.7. The molecular weight excluding hydrogens is 428 g/mol. The maximum Gasteiger partial charge on any atom is 0.151 e. The number of piperidine rings is 1. The van der Waals surface area contributed by atoms with Crippen LogP contribution in [0.25, 0.3) is 22.2 Å². The van der Waals surface area contributed by atoms with Crippen LogP contribution in [0.2, 0.25) is 0 Å². The standard InChI is InChI=1S/C25H36N8O/c1-4-21-25(29-17-5-6-19(34)11-17)31-22-20(13-27-24(26)23(22)30-21)16-12-28-33(14-16)18-7-9-32(10-8-18)15(2)3/h12-15,17-19,34H,4-11H2,1-3H3,(H2,26,27)(H,29,31)/t17-,19+/m1/s1/i2D3,3D3,15D. The third-order valence-electron chi connectivity index (χ3n) is 6.95. The van der Waals surface area contributed by atoms with Crippen molar-refractivity contribution >= 4 is 22.7 Å². The summed E-state index contributed by atoms with van der Waals surface area (Å²) in [6, 6.07) is -2.67. The number of anilines is 2. The van der Waals surface area contributed by atoms with Gasteiger partial charge in [-0.05, 0) is 52.2 Å². The van der Waals surface area contributed by atoms with E-state index >= 15 is 0 Å². The zero-order valence-electron chi connectivity index (χ0n) is 26.3. The number of nitrogens with one attached hydrogen (secondary N) is 1. The molecule has 4 N–H and O–H groups in total. The van der Waals surface area contributed by atoms with E-state index in [1.807, 2.05) is 13.1 Å². The summed E-state index contributed by atoms with van der Waals surface area (Å²) in [5, 5.41) is 18.0. The first-order chi connectivity index (χ1) is 19.2. The topological polar surface area (TPSA) is 118 Å². The van der Waals surface area contributed by atoms with Crippen molar-refractivity contribution in [1.29, 1.82) is 0 Å². The summed E-state index contributed by atoms with van der Waals surface area (Å²) in [5.74, 6) is 0.934. The van der Waals surface area contributed by atoms with E-state index in [1.165, 1.54) is 4.90 Å². The first kappa shape index (κ1) is 16.0. The first-order valence-corrected chi connectivity index (χ1v) is 11.9. The molecule has 9 heteroatoms. The highest BCUT2D eigenvalue weighted by atomic mass is 16.3. The molecule has 3 aromatic rings. The van der Waals surface area contributed by atoms with Crippen LogP contribution in [0.3, 0.4) is 0 Å². The Hall–Kier alpha value is -2.78. The van der Waals surface area contributed by atoms with Gasteiger partial charge in [-0.15, -0.1) is 0 Å². The van der Waals surface area contributed by atoms with Crippen LogP contribution in [0.15, 0.2) is 18.6 Å². The predicted molar refractivity (Wildman–Crippen MR) is 135 cm³/mol. The summed E-state index contributed by atoms with van der Waals surface area (Å²) in [5.41, 5.74) is 9.51. The van der Waals surface area contributed by atoms with Gasteiger partial charge in [-0.25, -0.2) is 15.0 Å². The number of nitrogens with two attached hydrogens (primary N) is 1. The van der Waals surface area contributed by atoms with Gasteiger partial charge < -0.3 is 21.1 Å². The Morgan fingerprint density at radius 3 is 2.74 bits per heavy atom. The van der Waals surface area contributed by atoms with Gasteiger partial charge in [0.25, 0.3) is 0 Å². The van der Waals surface area contributed by atoms with Gasteiger partial charge >= 0.3 is 0 Å². The molecule has 1 saturated carbocycles. The van der Waals surface area contributed by atoms with E-state index in [9.17, 15) is 5.11 Å². The fourth-order valence-corrected chi connectivity index (χ4v) is 4.98. The van der Waals surface area contributed by atoms with E-state index in [0.717, 1.165) is 24.1 Å². The molecule has 0 aromatic carbocycles. The van der Waals surface area contributed by atoms with Crippen LogP contribution < -0.4 is 11.1 Å². The lowest BCUT2D eigenvalue weighted by atomic mass is 10.0. The highest BCUT2D eigenvalue weighted by Gasteiger charge is 2.26. The molecule has 1 saturated heterocycles. The van der Waals surface area contributed by atoms with E-state index in [0.29, 0.717) is 48.1 Å². The molecule has 182 valence electrons. The van der Waals surface area contributed by atoms with E-state index in [4.69, 9.17) is 25.3 Å². The van der Waals surface area contributed by atoms with Crippen molar-refractivity contribution in [3.63, 3.8) is 0 Å². The third-order valence-corrected chi connectivity index (χ3v) is 6.95. The summed E-state index contributed by atoms with van der Waals surface area (Å²) in [7, 11) is 0. The minimum absolute atomic E-state index is 0.103. The van der Waals surface area contributed by atoms with Gasteiger partial charge in [-0.1, -0.05) is 6.92 Å². The summed E-state index contributed by atoms with van der Waals surface area (Å²) >= 11 is 0. The van der Waals surface area contributed by atoms with Crippen LogP contribution in [-0.2, 0) is 6.42 Å². The maximum atomic E-state index is 9.97. The number of hydrogen-bond donors (Lipinski definition) is 3. The van der Waals surface area contributed by atoms with E-state index in [2.05, 4.69) is 15.4 Å². The number of pyridine rings is 1. The normalized spacial score (nSPS) is 26.2. The average Bonchev–Trinajstić information content (AvgIpc) is 3.56. The molecule has 1 aliphatic heterocycles. The van der Waals surface area contributed by atoms with Crippen LogP contribution in [0.5, 0.6) is 0 Å². The van der Waals surface area contributed by atoms with Gasteiger partial charge in [-0.2, -0.15) is 5.10 Å². The van der Waals surface area contributed by atoms with Crippen molar-refractivity contribution in [3.8, 4) is 11.1 Å². The molecular formula is C25H36N8O. The smallest absolute Gasteiger partial charge is 0.151 e. The van der Waals surface area contributed by atoms with Crippen LogP contribution in [0.1, 0.15) is 74.1 Å². The van der Waals surface area contributed by atoms with E-state index in [-0.39, 0.29) is 37.1 Å². The van der Waals surface area contributed by atoms with Crippen molar-refractivity contribution in [2.24, 2.45) is 0 Å². The van der Waals surface area contributed by atoms with Gasteiger partial charge in [0.1, 0.15) is 16.9 Å². The second-order valence-electron chi connectivity index (χ2n) is 9.21. The van der Waals surface area contributed by atoms with Crippen molar-refractivity contribution in [2.45, 2.75) is 83.4 Å². The lowest BCUT2D eigenvalue weighted by Crippen LogP contribution is -2.39. The third kappa shape index (κ3) is 4.46. The van der Waals surface area contributed by atoms with Crippen LogP contribution >= 0.6 is 0 Å². The lowest BCUT2D eigenvalue weighted by molar-refractivity contribution is 0.147. The second-order valence-corrected chi connectivity index (χ2v) is 9.21. The number of rotatable bonds is 6. The monoisotopic (exact) mass is 471 g/mol. The highest BCUT2D eigenvalue weighted by Crippen LogP contribution is 2.33. The molecule has 34 heavy (non-hydrogen) atoms. The maximum absolute atomic E-state index is 9.97. The summed E-state index contributed by atoms with van der Waals surface area (Å²) in [6.45, 7) is -3.70. The summed E-state index contributed by atoms with van der Waals surface area (Å²) in [4.78, 5) is 15.3. The number of aliphatic hydroxyl groups excluding tert-OH is 1. The molecule has 5 rings (SSSR count). The van der Waals surface area contributed by atoms with E-state index < -0.39 is 19.7 Å². The molecule has 2 atom stereocenters. The number of fused-ring (bicyclic) bond motifs is 1. The quantitative estimate of drug-likeness (QED) is 0.501. The van der Waals surface area contributed by atoms with Crippen molar-refractivity contribution in [1.82, 2.24) is 29.6 Å². The molecule has 2 aliphatic rings. The van der Waals surface area contributed by atoms with Gasteiger partial charge in [-0.3, -0.25) is 4.68 Å². The highest BCUT2D eigenvalue weighted by molar-refractivity contribution is 5.96. The Balaban J connectivity index is 1.40. The largest absolute Gasteiger partial charge is 0.393 e. The Kier molecular flexibility index (Phi) is 4.45. The SMILES string of the molecule is [2H]C([2H])([2H])C([2H])(N1CCC(n2cc(-c3cnc(N)c4nc(CC)c(N[C@@H]5CC[C@H](O)C5)nc34)cn2)CC1)C([2H])([2H])[2H]. The number of aryl methyl sites for hydroxylation is 1. The van der Waals surface area contributed by atoms with Gasteiger partial charge in [0.2, 0.25) is 0 Å². The Labute approximate surface area is 210 Å². The van der Waals surface area contributed by atoms with Crippen LogP contribution in [0.4, 0.5) is 11.6 Å². The molecule has 0 unspecified atom stereocenters. The summed E-state index contributed by atoms with van der Waals surface area (Å²) in [6.07, 6.45) is 8.66. The Bertz CT molecular complexity index is 1390.